The van der Waals surface area contributed by atoms with E-state index in [1.54, 1.807) is 0 Å². The molecule has 0 radical (unpaired) electrons. The van der Waals surface area contributed by atoms with Gasteiger partial charge in [-0.2, -0.15) is 3.63 Å². The van der Waals surface area contributed by atoms with Crippen LogP contribution in [0.5, 0.6) is 0 Å². The summed E-state index contributed by atoms with van der Waals surface area (Å²) in [7, 11) is 0. The Hall–Kier alpha value is 0.260. The van der Waals surface area contributed by atoms with Crippen molar-refractivity contribution in [1.29, 1.82) is 0 Å². The van der Waals surface area contributed by atoms with Crippen molar-refractivity contribution in [1.82, 2.24) is 0 Å². The van der Waals surface area contributed by atoms with Gasteiger partial charge in [-0.1, -0.05) is 26.7 Å². The summed E-state index contributed by atoms with van der Waals surface area (Å²) in [5, 5.41) is 0. The minimum atomic E-state index is -1.35. The van der Waals surface area contributed by atoms with Crippen LogP contribution in [0.15, 0.2) is 0 Å². The monoisotopic (exact) mass is 226 g/mol. The van der Waals surface area contributed by atoms with E-state index in [-0.39, 0.29) is 0 Å². The van der Waals surface area contributed by atoms with Crippen LogP contribution in [0.1, 0.15) is 39.5 Å². The number of hydrogen-bond donors (Lipinski definition) is 0. The molecule has 13 heavy (non-hydrogen) atoms. The molecule has 0 N–H and O–H groups in total. The highest BCUT2D eigenvalue weighted by atomic mass is 32.3. The molecule has 0 aliphatic rings. The summed E-state index contributed by atoms with van der Waals surface area (Å²) >= 11 is -2.71. The van der Waals surface area contributed by atoms with Crippen molar-refractivity contribution in [3.8, 4) is 0 Å². The summed E-state index contributed by atoms with van der Waals surface area (Å²) in [6, 6.07) is 0. The van der Waals surface area contributed by atoms with Gasteiger partial charge in [0.25, 0.3) is 0 Å². The maximum atomic E-state index is 11.1. The highest BCUT2D eigenvalue weighted by Gasteiger charge is 2.05. The Morgan fingerprint density at radius 3 is 1.62 bits per heavy atom. The molecule has 0 heterocycles. The van der Waals surface area contributed by atoms with Crippen LogP contribution in [0.2, 0.25) is 0 Å². The van der Waals surface area contributed by atoms with Crippen LogP contribution in [0.25, 0.3) is 0 Å². The van der Waals surface area contributed by atoms with Crippen LogP contribution < -0.4 is 0 Å². The number of rotatable bonds is 8. The first-order valence-electron chi connectivity index (χ1n) is 4.66. The average Bonchev–Trinajstić information content (AvgIpc) is 2.11. The summed E-state index contributed by atoms with van der Waals surface area (Å²) in [5.74, 6) is 0.989. The zero-order valence-corrected chi connectivity index (χ0v) is 9.92. The molecule has 0 saturated heterocycles. The lowest BCUT2D eigenvalue weighted by atomic mass is 10.4. The third kappa shape index (κ3) is 8.59. The molecule has 80 valence electrons. The maximum absolute atomic E-state index is 11.1. The first-order chi connectivity index (χ1) is 6.20. The molecule has 0 aliphatic heterocycles. The predicted octanol–water partition coefficient (Wildman–Crippen LogP) is 1.93. The van der Waals surface area contributed by atoms with Gasteiger partial charge in [0.1, 0.15) is 0 Å². The summed E-state index contributed by atoms with van der Waals surface area (Å²) < 4.78 is 26.9. The van der Waals surface area contributed by atoms with Gasteiger partial charge < -0.3 is 0 Å². The van der Waals surface area contributed by atoms with Crippen LogP contribution in [0.3, 0.4) is 0 Å². The van der Waals surface area contributed by atoms with Crippen molar-refractivity contribution in [3.05, 3.63) is 0 Å². The minimum absolute atomic E-state index is 0.494. The van der Waals surface area contributed by atoms with Gasteiger partial charge in [0, 0.05) is 0 Å². The van der Waals surface area contributed by atoms with Crippen molar-refractivity contribution in [2.24, 2.45) is 0 Å². The SMILES string of the molecule is CCCCS(=O)OS(=O)CCCC. The summed E-state index contributed by atoms with van der Waals surface area (Å²) in [4.78, 5) is 0. The molecule has 0 atom stereocenters. The Morgan fingerprint density at radius 2 is 1.31 bits per heavy atom. The van der Waals surface area contributed by atoms with Gasteiger partial charge in [0.15, 0.2) is 22.2 Å². The van der Waals surface area contributed by atoms with Gasteiger partial charge in [0.05, 0.1) is 11.5 Å². The summed E-state index contributed by atoms with van der Waals surface area (Å²) in [6.07, 6.45) is 3.68. The lowest BCUT2D eigenvalue weighted by molar-refractivity contribution is 0.561. The number of unbranched alkanes of at least 4 members (excludes halogenated alkanes) is 2. The van der Waals surface area contributed by atoms with E-state index in [1.165, 1.54) is 0 Å². The Morgan fingerprint density at radius 1 is 0.923 bits per heavy atom. The van der Waals surface area contributed by atoms with E-state index in [0.29, 0.717) is 11.5 Å². The molecule has 0 unspecified atom stereocenters. The smallest absolute Gasteiger partial charge is 0.169 e. The van der Waals surface area contributed by atoms with Gasteiger partial charge in [-0.3, -0.25) is 0 Å². The van der Waals surface area contributed by atoms with E-state index in [9.17, 15) is 8.42 Å². The molecule has 0 spiro atoms. The fourth-order valence-corrected chi connectivity index (χ4v) is 2.95. The van der Waals surface area contributed by atoms with Crippen molar-refractivity contribution in [2.45, 2.75) is 39.5 Å². The van der Waals surface area contributed by atoms with E-state index in [2.05, 4.69) is 0 Å². The van der Waals surface area contributed by atoms with Crippen LogP contribution in [0.4, 0.5) is 0 Å². The first-order valence-corrected chi connectivity index (χ1v) is 7.15. The Balaban J connectivity index is 3.47. The largest absolute Gasteiger partial charge is 0.229 e. The third-order valence-corrected chi connectivity index (χ3v) is 3.94. The van der Waals surface area contributed by atoms with Crippen molar-refractivity contribution >= 4 is 22.2 Å². The molecule has 0 amide bonds. The second-order valence-corrected chi connectivity index (χ2v) is 5.37. The molecular weight excluding hydrogens is 208 g/mol. The van der Waals surface area contributed by atoms with Gasteiger partial charge in [-0.05, 0) is 12.8 Å². The minimum Gasteiger partial charge on any atom is -0.229 e. The Kier molecular flexibility index (Phi) is 9.02. The first kappa shape index (κ1) is 13.3. The van der Waals surface area contributed by atoms with Gasteiger partial charge in [-0.15, -0.1) is 0 Å². The van der Waals surface area contributed by atoms with Crippen molar-refractivity contribution < 1.29 is 12.0 Å². The van der Waals surface area contributed by atoms with Crippen LogP contribution >= 0.6 is 0 Å². The van der Waals surface area contributed by atoms with Gasteiger partial charge in [0.2, 0.25) is 0 Å². The average molecular weight is 226 g/mol. The van der Waals surface area contributed by atoms with Gasteiger partial charge >= 0.3 is 0 Å². The molecule has 0 aromatic carbocycles. The molecule has 5 heteroatoms. The highest BCUT2D eigenvalue weighted by Crippen LogP contribution is 1.99. The van der Waals surface area contributed by atoms with Crippen LogP contribution in [-0.2, 0) is 25.8 Å². The lowest BCUT2D eigenvalue weighted by Gasteiger charge is -2.00. The molecule has 0 saturated carbocycles. The molecule has 0 bridgehead atoms. The van der Waals surface area contributed by atoms with Crippen molar-refractivity contribution in [2.75, 3.05) is 11.5 Å². The van der Waals surface area contributed by atoms with E-state index >= 15 is 0 Å². The highest BCUT2D eigenvalue weighted by molar-refractivity contribution is 7.93. The summed E-state index contributed by atoms with van der Waals surface area (Å²) in [6.45, 7) is 4.04. The van der Waals surface area contributed by atoms with Crippen LogP contribution in [-0.4, -0.2) is 19.9 Å². The van der Waals surface area contributed by atoms with E-state index in [4.69, 9.17) is 3.63 Å². The molecular formula is C8H18O3S2. The standard InChI is InChI=1S/C8H18O3S2/c1-3-5-7-12(9)11-13(10)8-6-4-2/h3-8H2,1-2H3. The second kappa shape index (κ2) is 8.84. The van der Waals surface area contributed by atoms with Gasteiger partial charge in [-0.25, -0.2) is 8.42 Å². The Labute approximate surface area is 85.6 Å². The second-order valence-electron chi connectivity index (χ2n) is 2.79. The lowest BCUT2D eigenvalue weighted by Crippen LogP contribution is -2.07. The fraction of sp³-hybridized carbons (Fsp3) is 1.00. The normalized spacial score (nSPS) is 15.5. The molecule has 0 aromatic rings. The zero-order chi connectivity index (χ0) is 10.1. The topological polar surface area (TPSA) is 43.4 Å². The molecule has 0 aromatic heterocycles. The quantitative estimate of drug-likeness (QED) is 0.635. The number of hydrogen-bond acceptors (Lipinski definition) is 3. The van der Waals surface area contributed by atoms with E-state index < -0.39 is 22.2 Å². The summed E-state index contributed by atoms with van der Waals surface area (Å²) in [5.41, 5.74) is 0. The molecule has 3 nitrogen and oxygen atoms in total. The molecule has 0 aliphatic carbocycles. The predicted molar refractivity (Wildman–Crippen MR) is 56.9 cm³/mol. The van der Waals surface area contributed by atoms with Crippen LogP contribution in [0, 0.1) is 0 Å². The molecule has 0 fully saturated rings. The molecule has 0 rings (SSSR count). The maximum Gasteiger partial charge on any atom is 0.169 e. The van der Waals surface area contributed by atoms with E-state index in [1.807, 2.05) is 13.8 Å². The fourth-order valence-electron chi connectivity index (χ4n) is 0.677. The Bertz CT molecular complexity index is 153. The van der Waals surface area contributed by atoms with Crippen molar-refractivity contribution in [3.63, 3.8) is 0 Å². The van der Waals surface area contributed by atoms with E-state index in [0.717, 1.165) is 25.7 Å². The zero-order valence-electron chi connectivity index (χ0n) is 8.28. The third-order valence-electron chi connectivity index (χ3n) is 1.48.